The Morgan fingerprint density at radius 1 is 1.11 bits per heavy atom. The predicted molar refractivity (Wildman–Crippen MR) is 140 cm³/mol. The number of ether oxygens (including phenoxy) is 3. The maximum atomic E-state index is 13.5. The van der Waals surface area contributed by atoms with Gasteiger partial charge in [-0.1, -0.05) is 12.1 Å². The minimum absolute atomic E-state index is 0.240. The second kappa shape index (κ2) is 11.9. The predicted octanol–water partition coefficient (Wildman–Crippen LogP) is 4.35. The Balaban J connectivity index is 1.80. The van der Waals surface area contributed by atoms with Crippen molar-refractivity contribution in [1.82, 2.24) is 10.3 Å². The molecule has 0 saturated carbocycles. The summed E-state index contributed by atoms with van der Waals surface area (Å²) in [6.07, 6.45) is 1.86. The number of carbonyl (C=O) groups excluding carboxylic acids is 2. The van der Waals surface area contributed by atoms with Crippen LogP contribution in [0.2, 0.25) is 0 Å². The second-order valence-electron chi connectivity index (χ2n) is 9.73. The molecule has 0 bridgehead atoms. The van der Waals surface area contributed by atoms with Crippen LogP contribution in [0, 0.1) is 0 Å². The fourth-order valence-electron chi connectivity index (χ4n) is 4.04. The van der Waals surface area contributed by atoms with Crippen molar-refractivity contribution >= 4 is 17.5 Å². The fraction of sp³-hybridized carbons (Fsp3) is 0.464. The number of carbonyl (C=O) groups is 2. The third-order valence-corrected chi connectivity index (χ3v) is 5.54. The van der Waals surface area contributed by atoms with Gasteiger partial charge in [0.2, 0.25) is 5.91 Å². The van der Waals surface area contributed by atoms with E-state index in [1.807, 2.05) is 70.2 Å². The van der Waals surface area contributed by atoms with Crippen molar-refractivity contribution in [2.24, 2.45) is 5.10 Å². The van der Waals surface area contributed by atoms with E-state index < -0.39 is 6.04 Å². The number of hydrogen-bond donors (Lipinski definition) is 1. The molecule has 194 valence electrons. The standard InChI is InChI=1S/C28H37N3O5/c1-7-35-26-18-21(12-15-25(26)34-6)23-9-8-16-31(30-23)27(33)24(29-19(2)32)17-20-10-13-22(14-11-20)36-28(3,4)5/h10-15,18,24H,7-9,16-17H2,1-6H3,(H,29,32). The highest BCUT2D eigenvalue weighted by molar-refractivity contribution is 6.02. The summed E-state index contributed by atoms with van der Waals surface area (Å²) < 4.78 is 17.0. The van der Waals surface area contributed by atoms with E-state index in [0.717, 1.165) is 35.4 Å². The lowest BCUT2D eigenvalue weighted by molar-refractivity contribution is -0.136. The van der Waals surface area contributed by atoms with Crippen LogP contribution in [0.4, 0.5) is 0 Å². The summed E-state index contributed by atoms with van der Waals surface area (Å²) in [5.74, 6) is 1.54. The molecule has 0 aliphatic carbocycles. The van der Waals surface area contributed by atoms with Crippen molar-refractivity contribution in [2.75, 3.05) is 20.3 Å². The van der Waals surface area contributed by atoms with Crippen LogP contribution in [0.1, 0.15) is 58.6 Å². The monoisotopic (exact) mass is 495 g/mol. The van der Waals surface area contributed by atoms with E-state index >= 15 is 0 Å². The Bertz CT molecular complexity index is 1090. The van der Waals surface area contributed by atoms with Gasteiger partial charge in [0.15, 0.2) is 11.5 Å². The quantitative estimate of drug-likeness (QED) is 0.559. The minimum Gasteiger partial charge on any atom is -0.493 e. The van der Waals surface area contributed by atoms with Crippen LogP contribution in [0.5, 0.6) is 17.2 Å². The molecule has 1 atom stereocenters. The van der Waals surface area contributed by atoms with Crippen LogP contribution in [0.25, 0.3) is 0 Å². The summed E-state index contributed by atoms with van der Waals surface area (Å²) in [5.41, 5.74) is 2.29. The zero-order valence-electron chi connectivity index (χ0n) is 22.1. The summed E-state index contributed by atoms with van der Waals surface area (Å²) >= 11 is 0. The lowest BCUT2D eigenvalue weighted by Gasteiger charge is -2.28. The molecule has 0 aromatic heterocycles. The number of benzene rings is 2. The summed E-state index contributed by atoms with van der Waals surface area (Å²) in [7, 11) is 1.60. The molecule has 0 fully saturated rings. The topological polar surface area (TPSA) is 89.5 Å². The van der Waals surface area contributed by atoms with E-state index in [2.05, 4.69) is 10.4 Å². The Morgan fingerprint density at radius 3 is 2.44 bits per heavy atom. The normalized spacial score (nSPS) is 14.5. The maximum Gasteiger partial charge on any atom is 0.265 e. The average Bonchev–Trinajstić information content (AvgIpc) is 2.83. The molecule has 1 N–H and O–H groups in total. The Kier molecular flexibility index (Phi) is 8.96. The number of nitrogens with one attached hydrogen (secondary N) is 1. The fourth-order valence-corrected chi connectivity index (χ4v) is 4.04. The third-order valence-electron chi connectivity index (χ3n) is 5.54. The van der Waals surface area contributed by atoms with Gasteiger partial charge in [-0.25, -0.2) is 5.01 Å². The van der Waals surface area contributed by atoms with Crippen LogP contribution < -0.4 is 19.5 Å². The molecular formula is C28H37N3O5. The molecule has 1 aliphatic heterocycles. The van der Waals surface area contributed by atoms with Gasteiger partial charge in [0.1, 0.15) is 17.4 Å². The highest BCUT2D eigenvalue weighted by atomic mass is 16.5. The number of nitrogens with zero attached hydrogens (tertiary/aromatic N) is 2. The molecule has 0 spiro atoms. The SMILES string of the molecule is CCOc1cc(C2=NN(C(=O)C(Cc3ccc(OC(C)(C)C)cc3)NC(C)=O)CCC2)ccc1OC. The summed E-state index contributed by atoms with van der Waals surface area (Å²) in [6.45, 7) is 10.3. The summed E-state index contributed by atoms with van der Waals surface area (Å²) in [4.78, 5) is 25.4. The van der Waals surface area contributed by atoms with E-state index in [4.69, 9.17) is 14.2 Å². The van der Waals surface area contributed by atoms with E-state index in [1.165, 1.54) is 11.9 Å². The molecule has 0 radical (unpaired) electrons. The van der Waals surface area contributed by atoms with Gasteiger partial charge >= 0.3 is 0 Å². The average molecular weight is 496 g/mol. The van der Waals surface area contributed by atoms with Crippen molar-refractivity contribution in [2.45, 2.75) is 65.5 Å². The summed E-state index contributed by atoms with van der Waals surface area (Å²) in [6, 6.07) is 12.5. The van der Waals surface area contributed by atoms with Crippen molar-refractivity contribution in [3.63, 3.8) is 0 Å². The number of rotatable bonds is 9. The highest BCUT2D eigenvalue weighted by Gasteiger charge is 2.28. The molecule has 2 aromatic rings. The molecule has 36 heavy (non-hydrogen) atoms. The van der Waals surface area contributed by atoms with Gasteiger partial charge in [-0.2, -0.15) is 5.10 Å². The zero-order valence-corrected chi connectivity index (χ0v) is 22.1. The van der Waals surface area contributed by atoms with Gasteiger partial charge in [-0.15, -0.1) is 0 Å². The molecule has 1 aliphatic rings. The Hall–Kier alpha value is -3.55. The first-order valence-electron chi connectivity index (χ1n) is 12.3. The number of hydrogen-bond acceptors (Lipinski definition) is 6. The van der Waals surface area contributed by atoms with Gasteiger partial charge in [0.05, 0.1) is 19.4 Å². The first-order valence-corrected chi connectivity index (χ1v) is 12.3. The minimum atomic E-state index is -0.727. The molecule has 1 heterocycles. The van der Waals surface area contributed by atoms with Crippen LogP contribution in [0.3, 0.4) is 0 Å². The van der Waals surface area contributed by atoms with Crippen molar-refractivity contribution in [3.05, 3.63) is 53.6 Å². The first kappa shape index (κ1) is 27.0. The molecular weight excluding hydrogens is 458 g/mol. The second-order valence-corrected chi connectivity index (χ2v) is 9.73. The maximum absolute atomic E-state index is 13.5. The van der Waals surface area contributed by atoms with E-state index in [1.54, 1.807) is 7.11 Å². The number of amides is 2. The van der Waals surface area contributed by atoms with Gasteiger partial charge < -0.3 is 19.5 Å². The smallest absolute Gasteiger partial charge is 0.265 e. The third kappa shape index (κ3) is 7.47. The van der Waals surface area contributed by atoms with Crippen LogP contribution in [0.15, 0.2) is 47.6 Å². The lowest BCUT2D eigenvalue weighted by atomic mass is 10.0. The highest BCUT2D eigenvalue weighted by Crippen LogP contribution is 2.29. The number of methoxy groups -OCH3 is 1. The van der Waals surface area contributed by atoms with Crippen LogP contribution in [-0.2, 0) is 16.0 Å². The molecule has 1 unspecified atom stereocenters. The molecule has 8 heteroatoms. The molecule has 8 nitrogen and oxygen atoms in total. The van der Waals surface area contributed by atoms with Gasteiger partial charge in [0, 0.05) is 25.5 Å². The van der Waals surface area contributed by atoms with E-state index in [-0.39, 0.29) is 17.4 Å². The molecule has 2 aromatic carbocycles. The van der Waals surface area contributed by atoms with Crippen molar-refractivity contribution in [3.8, 4) is 17.2 Å². The van der Waals surface area contributed by atoms with E-state index in [0.29, 0.717) is 31.1 Å². The first-order chi connectivity index (χ1) is 17.1. The Labute approximate surface area is 213 Å². The molecule has 0 saturated heterocycles. The van der Waals surface area contributed by atoms with E-state index in [9.17, 15) is 9.59 Å². The molecule has 3 rings (SSSR count). The van der Waals surface area contributed by atoms with Crippen molar-refractivity contribution < 1.29 is 23.8 Å². The largest absolute Gasteiger partial charge is 0.493 e. The summed E-state index contributed by atoms with van der Waals surface area (Å²) in [5, 5.41) is 8.95. The zero-order chi connectivity index (χ0) is 26.3. The number of hydrazone groups is 1. The Morgan fingerprint density at radius 2 is 1.83 bits per heavy atom. The lowest BCUT2D eigenvalue weighted by Crippen LogP contribution is -2.48. The van der Waals surface area contributed by atoms with Gasteiger partial charge in [-0.05, 0) is 76.4 Å². The van der Waals surface area contributed by atoms with Gasteiger partial charge in [0.25, 0.3) is 5.91 Å². The van der Waals surface area contributed by atoms with Gasteiger partial charge in [-0.3, -0.25) is 9.59 Å². The molecule has 2 amide bonds. The van der Waals surface area contributed by atoms with Crippen molar-refractivity contribution in [1.29, 1.82) is 0 Å². The van der Waals surface area contributed by atoms with Crippen LogP contribution in [-0.4, -0.2) is 54.4 Å². The van der Waals surface area contributed by atoms with Crippen LogP contribution >= 0.6 is 0 Å².